The van der Waals surface area contributed by atoms with Gasteiger partial charge < -0.3 is 20.7 Å². The predicted molar refractivity (Wildman–Crippen MR) is 188 cm³/mol. The zero-order valence-corrected chi connectivity index (χ0v) is 29.8. The maximum absolute atomic E-state index is 12.9. The lowest BCUT2D eigenvalue weighted by Crippen LogP contribution is -2.34. The number of aliphatic hydroxyl groups excluding tert-OH is 1. The summed E-state index contributed by atoms with van der Waals surface area (Å²) in [6, 6.07) is 0. The second-order valence-corrected chi connectivity index (χ2v) is 14.4. The van der Waals surface area contributed by atoms with Gasteiger partial charge in [-0.1, -0.05) is 87.8 Å². The minimum absolute atomic E-state index is 0.0378. The highest BCUT2D eigenvalue weighted by molar-refractivity contribution is 8.01. The number of allylic oxidation sites excluding steroid dienone is 8. The molecular weight excluding hydrogens is 611 g/mol. The molecule has 0 aliphatic carbocycles. The lowest BCUT2D eigenvalue weighted by molar-refractivity contribution is -0.143. The number of ether oxygens (including phenoxy) is 1. The normalized spacial score (nSPS) is 21.4. The molecule has 0 saturated carbocycles. The van der Waals surface area contributed by atoms with Crippen LogP contribution in [0, 0.1) is 29.6 Å². The van der Waals surface area contributed by atoms with E-state index in [1.54, 1.807) is 13.8 Å². The van der Waals surface area contributed by atoms with Gasteiger partial charge in [-0.05, 0) is 58.4 Å². The van der Waals surface area contributed by atoms with Crippen LogP contribution < -0.4 is 5.73 Å². The number of aliphatic hydroxyl groups is 1. The Balaban J connectivity index is 0.00000246. The van der Waals surface area contributed by atoms with Crippen molar-refractivity contribution in [2.75, 3.05) is 0 Å². The first-order valence-corrected chi connectivity index (χ1v) is 16.0. The molecule has 252 valence electrons. The number of carboxylic acid groups (broad SMARTS) is 1. The Hall–Kier alpha value is -2.82. The van der Waals surface area contributed by atoms with E-state index in [2.05, 4.69) is 44.3 Å². The summed E-state index contributed by atoms with van der Waals surface area (Å²) in [7, 11) is 0. The van der Waals surface area contributed by atoms with Crippen molar-refractivity contribution in [2.45, 2.75) is 91.4 Å². The second kappa shape index (κ2) is 20.3. The molecule has 1 amide bonds. The molecule has 45 heavy (non-hydrogen) atoms. The molecule has 1 heterocycles. The van der Waals surface area contributed by atoms with E-state index in [0.29, 0.717) is 17.9 Å². The fourth-order valence-corrected chi connectivity index (χ4v) is 4.63. The summed E-state index contributed by atoms with van der Waals surface area (Å²) in [4.78, 5) is 45.3. The van der Waals surface area contributed by atoms with Crippen LogP contribution >= 0.6 is 25.3 Å². The third kappa shape index (κ3) is 18.0. The third-order valence-electron chi connectivity index (χ3n) is 7.28. The van der Waals surface area contributed by atoms with Gasteiger partial charge in [0.25, 0.3) is 0 Å². The molecule has 0 aromatic rings. The Morgan fingerprint density at radius 1 is 1.07 bits per heavy atom. The van der Waals surface area contributed by atoms with Crippen LogP contribution in [0.3, 0.4) is 0 Å². The van der Waals surface area contributed by atoms with Crippen LogP contribution in [0.15, 0.2) is 71.4 Å². The van der Waals surface area contributed by atoms with Crippen molar-refractivity contribution >= 4 is 48.9 Å². The molecule has 0 spiro atoms. The smallest absolute Gasteiger partial charge is 0.331 e. The summed E-state index contributed by atoms with van der Waals surface area (Å²) < 4.78 is 4.37. The number of thiol groups is 2. The van der Waals surface area contributed by atoms with Gasteiger partial charge in [-0.25, -0.2) is 9.59 Å². The molecule has 5 unspecified atom stereocenters. The summed E-state index contributed by atoms with van der Waals surface area (Å²) in [5.41, 5.74) is 7.52. The number of carbonyl (C=O) groups excluding carboxylic acids is 3. The average Bonchev–Trinajstić information content (AvgIpc) is 2.91. The zero-order chi connectivity index (χ0) is 35.1. The summed E-state index contributed by atoms with van der Waals surface area (Å²) in [6.07, 6.45) is 16.8. The quantitative estimate of drug-likeness (QED) is 0.0446. The molecule has 0 radical (unpaired) electrons. The maximum atomic E-state index is 12.9. The molecular formula is C35H53NO7S2. The summed E-state index contributed by atoms with van der Waals surface area (Å²) in [5.74, 6) is -2.55. The molecule has 0 saturated heterocycles. The van der Waals surface area contributed by atoms with E-state index in [9.17, 15) is 24.3 Å². The van der Waals surface area contributed by atoms with Gasteiger partial charge >= 0.3 is 11.9 Å². The Morgan fingerprint density at radius 3 is 2.16 bits per heavy atom. The Labute approximate surface area is 280 Å². The second-order valence-electron chi connectivity index (χ2n) is 12.3. The zero-order valence-electron chi connectivity index (χ0n) is 28.1. The highest BCUT2D eigenvalue weighted by atomic mass is 32.2. The van der Waals surface area contributed by atoms with Crippen molar-refractivity contribution in [3.05, 3.63) is 71.4 Å². The monoisotopic (exact) mass is 663 g/mol. The molecule has 0 aromatic heterocycles. The third-order valence-corrected chi connectivity index (χ3v) is 7.72. The molecule has 1 aliphatic heterocycles. The molecule has 8 nitrogen and oxygen atoms in total. The number of amides is 1. The van der Waals surface area contributed by atoms with Crippen LogP contribution in [-0.4, -0.2) is 50.1 Å². The summed E-state index contributed by atoms with van der Waals surface area (Å²) in [6.45, 7) is 16.8. The van der Waals surface area contributed by atoms with E-state index in [1.807, 2.05) is 65.0 Å². The first kappa shape index (κ1) is 42.2. The van der Waals surface area contributed by atoms with Gasteiger partial charge in [-0.15, -0.1) is 0 Å². The number of ketones is 1. The number of esters is 1. The van der Waals surface area contributed by atoms with Gasteiger partial charge in [-0.3, -0.25) is 9.59 Å². The van der Waals surface area contributed by atoms with Gasteiger partial charge in [0.15, 0.2) is 0 Å². The number of cyclic esters (lactones) is 1. The summed E-state index contributed by atoms with van der Waals surface area (Å²) in [5, 5.41) is 19.5. The van der Waals surface area contributed by atoms with Crippen LogP contribution in [0.5, 0.6) is 0 Å². The highest BCUT2D eigenvalue weighted by Crippen LogP contribution is 2.24. The van der Waals surface area contributed by atoms with E-state index in [0.717, 1.165) is 23.6 Å². The van der Waals surface area contributed by atoms with E-state index < -0.39 is 28.0 Å². The lowest BCUT2D eigenvalue weighted by atomic mass is 9.83. The van der Waals surface area contributed by atoms with Crippen molar-refractivity contribution in [2.24, 2.45) is 35.3 Å². The van der Waals surface area contributed by atoms with E-state index >= 15 is 0 Å². The number of primary amides is 1. The number of hydrogen-bond donors (Lipinski definition) is 5. The topological polar surface area (TPSA) is 144 Å². The van der Waals surface area contributed by atoms with Crippen LogP contribution in [0.1, 0.15) is 75.2 Å². The van der Waals surface area contributed by atoms with Gasteiger partial charge in [0.05, 0.1) is 6.10 Å². The highest BCUT2D eigenvalue weighted by Gasteiger charge is 2.29. The fourth-order valence-electron chi connectivity index (χ4n) is 4.63. The van der Waals surface area contributed by atoms with Gasteiger partial charge in [-0.2, -0.15) is 25.3 Å². The largest absolute Gasteiger partial charge is 0.478 e. The number of nitrogens with two attached hydrogens (primary N) is 1. The van der Waals surface area contributed by atoms with Crippen molar-refractivity contribution in [1.29, 1.82) is 0 Å². The number of aliphatic carboxylic acids is 1. The van der Waals surface area contributed by atoms with Crippen LogP contribution in [0.2, 0.25) is 0 Å². The molecule has 7 atom stereocenters. The Morgan fingerprint density at radius 2 is 1.62 bits per heavy atom. The Bertz CT molecular complexity index is 1210. The van der Waals surface area contributed by atoms with Crippen molar-refractivity contribution in [3.63, 3.8) is 0 Å². The van der Waals surface area contributed by atoms with E-state index in [1.165, 1.54) is 13.0 Å². The molecule has 0 bridgehead atoms. The van der Waals surface area contributed by atoms with E-state index in [4.69, 9.17) is 15.6 Å². The number of Topliss-reactive ketones (excluding diaryl/α,β-unsaturated/α-hetero) is 1. The maximum Gasteiger partial charge on any atom is 0.331 e. The number of hydrogen-bond acceptors (Lipinski definition) is 8. The fraction of sp³-hybridized carbons (Fsp3) is 0.543. The molecule has 1 rings (SSSR count). The van der Waals surface area contributed by atoms with Crippen LogP contribution in [0.25, 0.3) is 0 Å². The van der Waals surface area contributed by atoms with Crippen molar-refractivity contribution < 1.29 is 34.1 Å². The standard InChI is InChI=1S/C32H46O6.C3H7NOS2/c1-20(16-22(3)12-14-28-24(5)13-15-30(35)38-28)10-9-11-21(2)17-25(6)31(36)27(8)32(37)26(7)18-23(4)19-29(33)34;1-3(6,7)2(4)5/h9,11-17,19-20,24-28,32,37H,10,18H2,1-8H3,(H,33,34);6-7H,1H3,(H2,4,5)/b11-9+,14-12+,21-17+,22-16-,23-19+;/t20?,24-,25?,26?,27?,28-,32?;/m0./s1. The van der Waals surface area contributed by atoms with Gasteiger partial charge in [0.1, 0.15) is 16.0 Å². The van der Waals surface area contributed by atoms with E-state index in [-0.39, 0.29) is 35.6 Å². The minimum atomic E-state index is -1.01. The average molecular weight is 664 g/mol. The van der Waals surface area contributed by atoms with Gasteiger partial charge in [0, 0.05) is 29.9 Å². The van der Waals surface area contributed by atoms with Crippen LogP contribution in [0.4, 0.5) is 0 Å². The minimum Gasteiger partial charge on any atom is -0.478 e. The number of rotatable bonds is 15. The molecule has 10 heteroatoms. The number of carbonyl (C=O) groups is 4. The molecule has 1 aliphatic rings. The molecule has 0 aromatic carbocycles. The van der Waals surface area contributed by atoms with Crippen molar-refractivity contribution in [1.82, 2.24) is 0 Å². The lowest BCUT2D eigenvalue weighted by Gasteiger charge is -2.25. The van der Waals surface area contributed by atoms with Gasteiger partial charge in [0.2, 0.25) is 5.91 Å². The summed E-state index contributed by atoms with van der Waals surface area (Å²) >= 11 is 7.48. The predicted octanol–water partition coefficient (Wildman–Crippen LogP) is 6.44. The van der Waals surface area contributed by atoms with Crippen molar-refractivity contribution in [3.8, 4) is 0 Å². The SMILES string of the molecule is CC(=C/C(C)C/C=C/C(C)=C/C(C)C(=O)C(C)C(O)C(C)C/C(C)=C/C(=O)O)/C=C/[C@@H]1OC(=O)C=C[C@@H]1C.CC(S)(S)C(N)=O. The molecule has 0 fully saturated rings. The Kier molecular flexibility index (Phi) is 19.1. The first-order chi connectivity index (χ1) is 20.6. The number of carboxylic acids is 1. The molecule has 4 N–H and O–H groups in total. The van der Waals surface area contributed by atoms with Crippen LogP contribution in [-0.2, 0) is 23.9 Å². The first-order valence-electron chi connectivity index (χ1n) is 15.1.